The first-order valence-electron chi connectivity index (χ1n) is 11.7. The highest BCUT2D eigenvalue weighted by Gasteiger charge is 2.18. The molecule has 1 fully saturated rings. The zero-order valence-corrected chi connectivity index (χ0v) is 19.1. The van der Waals surface area contributed by atoms with Gasteiger partial charge in [-0.2, -0.15) is 0 Å². The van der Waals surface area contributed by atoms with Crippen molar-refractivity contribution in [2.45, 2.75) is 18.9 Å². The average molecular weight is 466 g/mol. The molecule has 0 atom stereocenters. The van der Waals surface area contributed by atoms with Crippen molar-refractivity contribution in [2.75, 3.05) is 18.5 Å². The van der Waals surface area contributed by atoms with Gasteiger partial charge in [-0.1, -0.05) is 12.1 Å². The fraction of sp³-hybridized carbons (Fsp3) is 0.179. The third kappa shape index (κ3) is 4.38. The summed E-state index contributed by atoms with van der Waals surface area (Å²) in [6, 6.07) is 22.7. The smallest absolute Gasteiger partial charge is 0.123 e. The summed E-state index contributed by atoms with van der Waals surface area (Å²) in [5.74, 6) is -0.268. The normalized spacial score (nSPS) is 15.1. The first kappa shape index (κ1) is 21.4. The molecular formula is C28H24FN5O. The number of rotatable bonds is 4. The van der Waals surface area contributed by atoms with E-state index in [2.05, 4.69) is 20.9 Å². The molecule has 3 aromatic rings. The molecule has 1 N–H and O–H groups in total. The molecule has 0 saturated carbocycles. The molecule has 174 valence electrons. The maximum Gasteiger partial charge on any atom is 0.123 e. The molecule has 6 rings (SSSR count). The molecule has 0 bridgehead atoms. The van der Waals surface area contributed by atoms with Crippen molar-refractivity contribution >= 4 is 22.4 Å². The van der Waals surface area contributed by atoms with E-state index < -0.39 is 0 Å². The van der Waals surface area contributed by atoms with E-state index in [1.165, 1.54) is 12.1 Å². The quantitative estimate of drug-likeness (QED) is 0.357. The predicted octanol–water partition coefficient (Wildman–Crippen LogP) is 5.49. The molecule has 0 unspecified atom stereocenters. The molecule has 0 radical (unpaired) electrons. The molecule has 7 heteroatoms. The Morgan fingerprint density at radius 3 is 2.60 bits per heavy atom. The number of hydrogen-bond acceptors (Lipinski definition) is 5. The molecule has 3 aliphatic rings. The Hall–Kier alpha value is -4.10. The van der Waals surface area contributed by atoms with Crippen LogP contribution in [0, 0.1) is 5.82 Å². The highest BCUT2D eigenvalue weighted by Crippen LogP contribution is 2.30. The molecular weight excluding hydrogens is 441 g/mol. The van der Waals surface area contributed by atoms with E-state index in [4.69, 9.17) is 14.7 Å². The van der Waals surface area contributed by atoms with Crippen LogP contribution in [0.1, 0.15) is 12.8 Å². The van der Waals surface area contributed by atoms with E-state index in [9.17, 15) is 4.39 Å². The molecule has 2 aromatic carbocycles. The summed E-state index contributed by atoms with van der Waals surface area (Å²) in [5, 5.41) is 4.33. The Balaban J connectivity index is 1.62. The van der Waals surface area contributed by atoms with E-state index >= 15 is 0 Å². The van der Waals surface area contributed by atoms with E-state index in [0.29, 0.717) is 0 Å². The van der Waals surface area contributed by atoms with Crippen LogP contribution in [-0.4, -0.2) is 33.8 Å². The highest BCUT2D eigenvalue weighted by atomic mass is 19.1. The van der Waals surface area contributed by atoms with Crippen LogP contribution in [0.15, 0.2) is 90.2 Å². The van der Waals surface area contributed by atoms with Crippen molar-refractivity contribution in [1.29, 1.82) is 0 Å². The van der Waals surface area contributed by atoms with Crippen LogP contribution >= 0.6 is 0 Å². The van der Waals surface area contributed by atoms with E-state index in [1.807, 2.05) is 42.5 Å². The minimum Gasteiger partial charge on any atom is -0.381 e. The lowest BCUT2D eigenvalue weighted by Gasteiger charge is -2.22. The molecule has 6 nitrogen and oxygen atoms in total. The summed E-state index contributed by atoms with van der Waals surface area (Å²) in [4.78, 5) is 14.3. The number of fused-ring (bicyclic) bond motifs is 2. The standard InChI is InChI=1S/C28H24FN5O/c29-19-7-9-22(10-8-19)34-27-6-2-1-5-23(27)33-26-16-24(32-21-4-3-13-30-18-21)25(17-28(26)34)31-20-11-14-35-15-12-20/h1-10,13,16-18,20,32H,11-12,14-15H2/b31-25+. The van der Waals surface area contributed by atoms with Crippen molar-refractivity contribution in [3.63, 3.8) is 0 Å². The van der Waals surface area contributed by atoms with Gasteiger partial charge in [-0.05, 0) is 73.5 Å². The van der Waals surface area contributed by atoms with Gasteiger partial charge in [0.25, 0.3) is 0 Å². The molecule has 1 aromatic heterocycles. The maximum absolute atomic E-state index is 13.8. The number of halogens is 1. The minimum atomic E-state index is -0.268. The van der Waals surface area contributed by atoms with Gasteiger partial charge < -0.3 is 14.6 Å². The fourth-order valence-corrected chi connectivity index (χ4v) is 4.52. The summed E-state index contributed by atoms with van der Waals surface area (Å²) in [7, 11) is 0. The Morgan fingerprint density at radius 1 is 0.971 bits per heavy atom. The van der Waals surface area contributed by atoms with Gasteiger partial charge in [-0.15, -0.1) is 0 Å². The van der Waals surface area contributed by atoms with Gasteiger partial charge in [-0.3, -0.25) is 9.98 Å². The molecule has 0 amide bonds. The third-order valence-electron chi connectivity index (χ3n) is 6.24. The minimum absolute atomic E-state index is 0.184. The molecule has 0 spiro atoms. The van der Waals surface area contributed by atoms with Crippen LogP contribution in [0.5, 0.6) is 0 Å². The van der Waals surface area contributed by atoms with Crippen LogP contribution < -0.4 is 10.7 Å². The number of ether oxygens (including phenoxy) is 1. The Kier molecular flexibility index (Phi) is 5.68. The van der Waals surface area contributed by atoms with Crippen molar-refractivity contribution in [1.82, 2.24) is 14.5 Å². The van der Waals surface area contributed by atoms with Gasteiger partial charge in [0.2, 0.25) is 0 Å². The predicted molar refractivity (Wildman–Crippen MR) is 135 cm³/mol. The SMILES string of the molecule is Fc1ccc(-n2c3c/c(=N\C4CCOCC4)c(Nc4cccnc4)cc-3nc3ccccc32)cc1. The lowest BCUT2D eigenvalue weighted by atomic mass is 10.1. The lowest BCUT2D eigenvalue weighted by molar-refractivity contribution is 0.0864. The third-order valence-corrected chi connectivity index (χ3v) is 6.24. The number of aromatic nitrogens is 3. The molecule has 2 aliphatic heterocycles. The van der Waals surface area contributed by atoms with Crippen LogP contribution in [0.25, 0.3) is 28.1 Å². The molecule has 1 aliphatic carbocycles. The Morgan fingerprint density at radius 2 is 1.80 bits per heavy atom. The van der Waals surface area contributed by atoms with Crippen LogP contribution in [0.3, 0.4) is 0 Å². The fourth-order valence-electron chi connectivity index (χ4n) is 4.52. The number of benzene rings is 3. The molecule has 3 heterocycles. The number of nitrogens with one attached hydrogen (secondary N) is 1. The second kappa shape index (κ2) is 9.27. The number of para-hydroxylation sites is 2. The van der Waals surface area contributed by atoms with Gasteiger partial charge >= 0.3 is 0 Å². The first-order valence-corrected chi connectivity index (χ1v) is 11.7. The number of pyridine rings is 1. The number of hydrogen-bond donors (Lipinski definition) is 1. The van der Waals surface area contributed by atoms with Gasteiger partial charge in [-0.25, -0.2) is 9.37 Å². The van der Waals surface area contributed by atoms with Gasteiger partial charge in [0.15, 0.2) is 0 Å². The van der Waals surface area contributed by atoms with Crippen molar-refractivity contribution in [3.05, 3.63) is 96.4 Å². The first-order chi connectivity index (χ1) is 17.2. The van der Waals surface area contributed by atoms with Crippen LogP contribution in [0.4, 0.5) is 15.8 Å². The van der Waals surface area contributed by atoms with Gasteiger partial charge in [0.05, 0.1) is 51.4 Å². The summed E-state index contributed by atoms with van der Waals surface area (Å²) >= 11 is 0. The van der Waals surface area contributed by atoms with Gasteiger partial charge in [0, 0.05) is 25.1 Å². The Bertz CT molecular complexity index is 1510. The van der Waals surface area contributed by atoms with Crippen molar-refractivity contribution in [3.8, 4) is 17.1 Å². The highest BCUT2D eigenvalue weighted by molar-refractivity contribution is 5.84. The number of anilines is 2. The maximum atomic E-state index is 13.8. The van der Waals surface area contributed by atoms with E-state index in [-0.39, 0.29) is 11.9 Å². The average Bonchev–Trinajstić information content (AvgIpc) is 2.90. The Labute approximate surface area is 202 Å². The zero-order chi connectivity index (χ0) is 23.6. The van der Waals surface area contributed by atoms with E-state index in [0.717, 1.165) is 70.9 Å². The topological polar surface area (TPSA) is 64.3 Å². The summed E-state index contributed by atoms with van der Waals surface area (Å²) in [6.45, 7) is 1.43. The summed E-state index contributed by atoms with van der Waals surface area (Å²) in [5.41, 5.74) is 6.11. The lowest BCUT2D eigenvalue weighted by Crippen LogP contribution is -2.23. The number of nitrogens with zero attached hydrogens (tertiary/aromatic N) is 4. The summed E-state index contributed by atoms with van der Waals surface area (Å²) in [6.07, 6.45) is 5.31. The van der Waals surface area contributed by atoms with Gasteiger partial charge in [0.1, 0.15) is 5.82 Å². The van der Waals surface area contributed by atoms with Crippen LogP contribution in [-0.2, 0) is 4.74 Å². The largest absolute Gasteiger partial charge is 0.381 e. The molecule has 1 saturated heterocycles. The second-order valence-corrected chi connectivity index (χ2v) is 8.61. The van der Waals surface area contributed by atoms with Crippen molar-refractivity contribution < 1.29 is 9.13 Å². The van der Waals surface area contributed by atoms with E-state index in [1.54, 1.807) is 24.5 Å². The zero-order valence-electron chi connectivity index (χ0n) is 19.1. The monoisotopic (exact) mass is 465 g/mol. The summed E-state index contributed by atoms with van der Waals surface area (Å²) < 4.78 is 21.4. The molecule has 35 heavy (non-hydrogen) atoms. The van der Waals surface area contributed by atoms with Crippen LogP contribution in [0.2, 0.25) is 0 Å². The second-order valence-electron chi connectivity index (χ2n) is 8.61. The van der Waals surface area contributed by atoms with Crippen molar-refractivity contribution in [2.24, 2.45) is 4.99 Å².